The van der Waals surface area contributed by atoms with Crippen LogP contribution in [0.5, 0.6) is 0 Å². The van der Waals surface area contributed by atoms with Crippen LogP contribution in [0.3, 0.4) is 0 Å². The zero-order chi connectivity index (χ0) is 16.2. The summed E-state index contributed by atoms with van der Waals surface area (Å²) in [5.41, 5.74) is 2.86. The van der Waals surface area contributed by atoms with Gasteiger partial charge in [0.15, 0.2) is 10.8 Å². The molecule has 3 N–H and O–H groups in total. The Morgan fingerprint density at radius 3 is 3.17 bits per heavy atom. The number of esters is 1. The number of fused-ring (bicyclic) bond motifs is 1. The van der Waals surface area contributed by atoms with Crippen LogP contribution in [0, 0.1) is 0 Å². The molecule has 3 heterocycles. The fourth-order valence-corrected chi connectivity index (χ4v) is 3.08. The molecule has 2 aromatic heterocycles. The summed E-state index contributed by atoms with van der Waals surface area (Å²) >= 11 is 1.27. The van der Waals surface area contributed by atoms with Gasteiger partial charge in [0.25, 0.3) is 5.91 Å². The van der Waals surface area contributed by atoms with Crippen molar-refractivity contribution >= 4 is 28.3 Å². The summed E-state index contributed by atoms with van der Waals surface area (Å²) in [6, 6.07) is 0. The van der Waals surface area contributed by atoms with Gasteiger partial charge in [-0.25, -0.2) is 4.98 Å². The molecular weight excluding hydrogens is 318 g/mol. The van der Waals surface area contributed by atoms with Crippen molar-refractivity contribution in [1.82, 2.24) is 20.5 Å². The number of carbonyl (C=O) groups excluding carboxylic acids is 2. The number of H-pyrrole nitrogens is 1. The number of ether oxygens (including phenoxy) is 1. The first kappa shape index (κ1) is 15.6. The minimum Gasteiger partial charge on any atom is -0.466 e. The van der Waals surface area contributed by atoms with Gasteiger partial charge in [0.05, 0.1) is 18.7 Å². The lowest BCUT2D eigenvalue weighted by Crippen LogP contribution is -2.25. The van der Waals surface area contributed by atoms with E-state index in [4.69, 9.17) is 4.74 Å². The molecule has 1 aliphatic rings. The second-order valence-electron chi connectivity index (χ2n) is 5.04. The van der Waals surface area contributed by atoms with Gasteiger partial charge in [0.1, 0.15) is 0 Å². The third kappa shape index (κ3) is 3.57. The second-order valence-corrected chi connectivity index (χ2v) is 5.89. The van der Waals surface area contributed by atoms with Crippen molar-refractivity contribution in [2.75, 3.05) is 18.5 Å². The highest BCUT2D eigenvalue weighted by atomic mass is 32.1. The normalized spacial score (nSPS) is 13.4. The van der Waals surface area contributed by atoms with Crippen LogP contribution < -0.4 is 10.6 Å². The molecule has 0 fully saturated rings. The molecule has 0 atom stereocenters. The zero-order valence-corrected chi connectivity index (χ0v) is 13.5. The SMILES string of the molecule is CCOC(=O)Cc1csc(NC(=O)c2n[nH]c3c2CNCC3)n1. The van der Waals surface area contributed by atoms with E-state index in [2.05, 4.69) is 25.8 Å². The van der Waals surface area contributed by atoms with E-state index in [-0.39, 0.29) is 18.3 Å². The molecule has 2 aromatic rings. The molecule has 122 valence electrons. The lowest BCUT2D eigenvalue weighted by atomic mass is 10.1. The fourth-order valence-electron chi connectivity index (χ4n) is 2.37. The third-order valence-electron chi connectivity index (χ3n) is 3.42. The molecule has 0 spiro atoms. The van der Waals surface area contributed by atoms with Crippen LogP contribution in [0.4, 0.5) is 5.13 Å². The van der Waals surface area contributed by atoms with Gasteiger partial charge in [-0.15, -0.1) is 11.3 Å². The Kier molecular flexibility index (Phi) is 4.68. The monoisotopic (exact) mass is 335 g/mol. The molecule has 0 saturated heterocycles. The number of carbonyl (C=O) groups is 2. The van der Waals surface area contributed by atoms with Gasteiger partial charge >= 0.3 is 5.97 Å². The van der Waals surface area contributed by atoms with Crippen LogP contribution in [0.25, 0.3) is 0 Å². The number of aromatic nitrogens is 3. The number of hydrogen-bond acceptors (Lipinski definition) is 7. The molecule has 0 unspecified atom stereocenters. The van der Waals surface area contributed by atoms with Crippen molar-refractivity contribution in [3.63, 3.8) is 0 Å². The summed E-state index contributed by atoms with van der Waals surface area (Å²) < 4.78 is 4.87. The number of nitrogens with one attached hydrogen (secondary N) is 3. The molecule has 0 aliphatic carbocycles. The van der Waals surface area contributed by atoms with E-state index >= 15 is 0 Å². The number of rotatable bonds is 5. The van der Waals surface area contributed by atoms with E-state index in [0.717, 1.165) is 24.2 Å². The number of aromatic amines is 1. The van der Waals surface area contributed by atoms with Gasteiger partial charge in [-0.1, -0.05) is 0 Å². The topological polar surface area (TPSA) is 109 Å². The van der Waals surface area contributed by atoms with Crippen LogP contribution in [-0.2, 0) is 28.9 Å². The lowest BCUT2D eigenvalue weighted by molar-refractivity contribution is -0.142. The van der Waals surface area contributed by atoms with Gasteiger partial charge in [-0.2, -0.15) is 5.10 Å². The molecule has 0 bridgehead atoms. The summed E-state index contributed by atoms with van der Waals surface area (Å²) in [6.07, 6.45) is 0.929. The van der Waals surface area contributed by atoms with E-state index in [1.807, 2.05) is 0 Å². The van der Waals surface area contributed by atoms with Crippen LogP contribution in [0.2, 0.25) is 0 Å². The maximum absolute atomic E-state index is 12.3. The predicted octanol–water partition coefficient (Wildman–Crippen LogP) is 0.870. The van der Waals surface area contributed by atoms with Crippen LogP contribution >= 0.6 is 11.3 Å². The van der Waals surface area contributed by atoms with E-state index in [1.165, 1.54) is 11.3 Å². The number of nitrogens with zero attached hydrogens (tertiary/aromatic N) is 2. The molecule has 0 aromatic carbocycles. The smallest absolute Gasteiger partial charge is 0.311 e. The average molecular weight is 335 g/mol. The first-order valence-electron chi connectivity index (χ1n) is 7.35. The molecular formula is C14H17N5O3S. The second kappa shape index (κ2) is 6.88. The first-order chi connectivity index (χ1) is 11.2. The van der Waals surface area contributed by atoms with Crippen molar-refractivity contribution in [2.24, 2.45) is 0 Å². The van der Waals surface area contributed by atoms with Crippen molar-refractivity contribution in [1.29, 1.82) is 0 Å². The molecule has 1 amide bonds. The number of anilines is 1. The highest BCUT2D eigenvalue weighted by Crippen LogP contribution is 2.20. The molecule has 9 heteroatoms. The highest BCUT2D eigenvalue weighted by molar-refractivity contribution is 7.14. The first-order valence-corrected chi connectivity index (χ1v) is 8.23. The summed E-state index contributed by atoms with van der Waals surface area (Å²) in [5.74, 6) is -0.633. The van der Waals surface area contributed by atoms with E-state index < -0.39 is 0 Å². The molecule has 3 rings (SSSR count). The van der Waals surface area contributed by atoms with Crippen molar-refractivity contribution < 1.29 is 14.3 Å². The van der Waals surface area contributed by atoms with Crippen molar-refractivity contribution in [3.8, 4) is 0 Å². The van der Waals surface area contributed by atoms with E-state index in [9.17, 15) is 9.59 Å². The predicted molar refractivity (Wildman–Crippen MR) is 84.4 cm³/mol. The largest absolute Gasteiger partial charge is 0.466 e. The van der Waals surface area contributed by atoms with Gasteiger partial charge < -0.3 is 10.1 Å². The van der Waals surface area contributed by atoms with Gasteiger partial charge in [-0.3, -0.25) is 20.0 Å². The third-order valence-corrected chi connectivity index (χ3v) is 4.23. The van der Waals surface area contributed by atoms with Gasteiger partial charge in [0, 0.05) is 36.1 Å². The van der Waals surface area contributed by atoms with Crippen LogP contribution in [0.1, 0.15) is 34.4 Å². The van der Waals surface area contributed by atoms with E-state index in [0.29, 0.717) is 29.7 Å². The number of hydrogen-bond donors (Lipinski definition) is 3. The molecule has 23 heavy (non-hydrogen) atoms. The Hall–Kier alpha value is -2.26. The fraction of sp³-hybridized carbons (Fsp3) is 0.429. The summed E-state index contributed by atoms with van der Waals surface area (Å²) in [5, 5.41) is 15.1. The number of amides is 1. The average Bonchev–Trinajstić information content (AvgIpc) is 3.14. The summed E-state index contributed by atoms with van der Waals surface area (Å²) in [6.45, 7) is 3.59. The lowest BCUT2D eigenvalue weighted by Gasteiger charge is -2.12. The van der Waals surface area contributed by atoms with E-state index in [1.54, 1.807) is 12.3 Å². The van der Waals surface area contributed by atoms with Crippen LogP contribution in [0.15, 0.2) is 5.38 Å². The Balaban J connectivity index is 1.65. The standard InChI is InChI=1S/C14H17N5O3S/c1-2-22-11(20)5-8-7-23-14(16-8)17-13(21)12-9-6-15-4-3-10(9)18-19-12/h7,15H,2-6H2,1H3,(H,18,19)(H,16,17,21). The zero-order valence-electron chi connectivity index (χ0n) is 12.6. The Morgan fingerprint density at radius 2 is 2.35 bits per heavy atom. The van der Waals surface area contributed by atoms with Gasteiger partial charge in [-0.05, 0) is 6.92 Å². The highest BCUT2D eigenvalue weighted by Gasteiger charge is 2.22. The minimum absolute atomic E-state index is 0.0991. The minimum atomic E-state index is -0.330. The van der Waals surface area contributed by atoms with Crippen LogP contribution in [-0.4, -0.2) is 40.2 Å². The van der Waals surface area contributed by atoms with Crippen molar-refractivity contribution in [2.45, 2.75) is 26.3 Å². The molecule has 0 saturated carbocycles. The Morgan fingerprint density at radius 1 is 1.48 bits per heavy atom. The number of thiazole rings is 1. The maximum Gasteiger partial charge on any atom is 0.311 e. The Bertz CT molecular complexity index is 724. The maximum atomic E-state index is 12.3. The molecule has 0 radical (unpaired) electrons. The Labute approximate surface area is 136 Å². The summed E-state index contributed by atoms with van der Waals surface area (Å²) in [7, 11) is 0. The van der Waals surface area contributed by atoms with Gasteiger partial charge in [0.2, 0.25) is 0 Å². The van der Waals surface area contributed by atoms with Crippen molar-refractivity contribution in [3.05, 3.63) is 28.0 Å². The quantitative estimate of drug-likeness (QED) is 0.700. The summed E-state index contributed by atoms with van der Waals surface area (Å²) in [4.78, 5) is 28.0. The molecule has 8 nitrogen and oxygen atoms in total. The molecule has 1 aliphatic heterocycles.